The van der Waals surface area contributed by atoms with Gasteiger partial charge in [0, 0.05) is 18.8 Å². The van der Waals surface area contributed by atoms with E-state index in [1.807, 2.05) is 33.0 Å². The molecular formula is C10H13ClN2. The second-order valence-corrected chi connectivity index (χ2v) is 3.41. The summed E-state index contributed by atoms with van der Waals surface area (Å²) in [7, 11) is 1.86. The average molecular weight is 197 g/mol. The minimum atomic E-state index is 0.760. The van der Waals surface area contributed by atoms with Gasteiger partial charge in [-0.25, -0.2) is 0 Å². The first-order valence-electron chi connectivity index (χ1n) is 4.04. The van der Waals surface area contributed by atoms with Gasteiger partial charge in [0.1, 0.15) is 0 Å². The van der Waals surface area contributed by atoms with Gasteiger partial charge in [-0.2, -0.15) is 5.10 Å². The highest BCUT2D eigenvalue weighted by molar-refractivity contribution is 6.31. The Morgan fingerprint density at radius 2 is 2.00 bits per heavy atom. The van der Waals surface area contributed by atoms with Crippen LogP contribution in [-0.2, 0) is 0 Å². The van der Waals surface area contributed by atoms with E-state index < -0.39 is 0 Å². The Balaban J connectivity index is 3.32. The summed E-state index contributed by atoms with van der Waals surface area (Å²) in [6.07, 6.45) is 0. The molecule has 1 aromatic rings. The van der Waals surface area contributed by atoms with Crippen molar-refractivity contribution >= 4 is 24.0 Å². The fourth-order valence-corrected chi connectivity index (χ4v) is 1.53. The topological polar surface area (TPSA) is 15.6 Å². The number of hydrogen-bond acceptors (Lipinski definition) is 2. The summed E-state index contributed by atoms with van der Waals surface area (Å²) in [4.78, 5) is 0. The predicted molar refractivity (Wildman–Crippen MR) is 58.9 cm³/mol. The lowest BCUT2D eigenvalue weighted by atomic mass is 10.1. The van der Waals surface area contributed by atoms with Crippen LogP contribution in [0.1, 0.15) is 11.1 Å². The van der Waals surface area contributed by atoms with Gasteiger partial charge in [0.05, 0.1) is 5.69 Å². The zero-order chi connectivity index (χ0) is 10.0. The SMILES string of the molecule is C=NN(C)c1c(C)ccc(Cl)c1C. The largest absolute Gasteiger partial charge is 0.269 e. The van der Waals surface area contributed by atoms with Gasteiger partial charge >= 0.3 is 0 Å². The van der Waals surface area contributed by atoms with Gasteiger partial charge in [-0.1, -0.05) is 17.7 Å². The molecule has 0 aromatic heterocycles. The van der Waals surface area contributed by atoms with Crippen molar-refractivity contribution in [1.82, 2.24) is 0 Å². The zero-order valence-corrected chi connectivity index (χ0v) is 8.89. The van der Waals surface area contributed by atoms with Gasteiger partial charge in [-0.05, 0) is 31.0 Å². The number of rotatable bonds is 2. The van der Waals surface area contributed by atoms with Gasteiger partial charge in [-0.15, -0.1) is 0 Å². The molecule has 13 heavy (non-hydrogen) atoms. The fourth-order valence-electron chi connectivity index (χ4n) is 1.38. The molecular weight excluding hydrogens is 184 g/mol. The minimum absolute atomic E-state index is 0.760. The number of anilines is 1. The van der Waals surface area contributed by atoms with Gasteiger partial charge in [0.2, 0.25) is 0 Å². The second kappa shape index (κ2) is 3.79. The second-order valence-electron chi connectivity index (χ2n) is 3.00. The van der Waals surface area contributed by atoms with Gasteiger partial charge in [0.25, 0.3) is 0 Å². The third kappa shape index (κ3) is 1.83. The monoisotopic (exact) mass is 196 g/mol. The highest BCUT2D eigenvalue weighted by atomic mass is 35.5. The van der Waals surface area contributed by atoms with Gasteiger partial charge < -0.3 is 0 Å². The van der Waals surface area contributed by atoms with E-state index in [2.05, 4.69) is 11.8 Å². The minimum Gasteiger partial charge on any atom is -0.269 e. The van der Waals surface area contributed by atoms with Crippen LogP contribution in [0.3, 0.4) is 0 Å². The van der Waals surface area contributed by atoms with E-state index in [4.69, 9.17) is 11.6 Å². The summed E-state index contributed by atoms with van der Waals surface area (Å²) in [5.41, 5.74) is 3.22. The molecule has 0 fully saturated rings. The number of nitrogens with zero attached hydrogens (tertiary/aromatic N) is 2. The zero-order valence-electron chi connectivity index (χ0n) is 8.13. The van der Waals surface area contributed by atoms with E-state index in [0.29, 0.717) is 0 Å². The van der Waals surface area contributed by atoms with Crippen molar-refractivity contribution in [3.05, 3.63) is 28.3 Å². The van der Waals surface area contributed by atoms with Crippen molar-refractivity contribution in [1.29, 1.82) is 0 Å². The van der Waals surface area contributed by atoms with Crippen LogP contribution in [0.2, 0.25) is 5.02 Å². The van der Waals surface area contributed by atoms with E-state index in [9.17, 15) is 0 Å². The Morgan fingerprint density at radius 3 is 2.54 bits per heavy atom. The molecule has 0 atom stereocenters. The molecule has 2 nitrogen and oxygen atoms in total. The number of hydrazone groups is 1. The van der Waals surface area contributed by atoms with E-state index >= 15 is 0 Å². The van der Waals surface area contributed by atoms with Crippen LogP contribution in [0.4, 0.5) is 5.69 Å². The molecule has 0 saturated heterocycles. The maximum atomic E-state index is 6.00. The number of aryl methyl sites for hydroxylation is 1. The molecule has 1 rings (SSSR count). The predicted octanol–water partition coefficient (Wildman–Crippen LogP) is 3.01. The molecule has 0 amide bonds. The maximum Gasteiger partial charge on any atom is 0.0663 e. The van der Waals surface area contributed by atoms with Gasteiger partial charge in [-0.3, -0.25) is 5.01 Å². The highest BCUT2D eigenvalue weighted by Gasteiger charge is 2.08. The van der Waals surface area contributed by atoms with Crippen molar-refractivity contribution in [2.24, 2.45) is 5.10 Å². The Kier molecular flexibility index (Phi) is 2.94. The number of benzene rings is 1. The van der Waals surface area contributed by atoms with E-state index in [1.54, 1.807) is 5.01 Å². The average Bonchev–Trinajstić information content (AvgIpc) is 2.12. The summed E-state index contributed by atoms with van der Waals surface area (Å²) in [5, 5.41) is 6.34. The molecule has 0 saturated carbocycles. The van der Waals surface area contributed by atoms with E-state index in [1.165, 1.54) is 0 Å². The molecule has 0 radical (unpaired) electrons. The van der Waals surface area contributed by atoms with Crippen LogP contribution in [0.25, 0.3) is 0 Å². The molecule has 0 aliphatic rings. The summed E-state index contributed by atoms with van der Waals surface area (Å²) in [5.74, 6) is 0. The van der Waals surface area contributed by atoms with Crippen LogP contribution >= 0.6 is 11.6 Å². The normalized spacial score (nSPS) is 9.85. The molecule has 70 valence electrons. The Labute approximate surface area is 83.8 Å². The summed E-state index contributed by atoms with van der Waals surface area (Å²) in [6.45, 7) is 7.49. The first-order valence-corrected chi connectivity index (χ1v) is 4.41. The molecule has 0 N–H and O–H groups in total. The van der Waals surface area contributed by atoms with Crippen molar-refractivity contribution in [3.63, 3.8) is 0 Å². The summed E-state index contributed by atoms with van der Waals surface area (Å²) >= 11 is 6.00. The van der Waals surface area contributed by atoms with Crippen molar-refractivity contribution in [3.8, 4) is 0 Å². The molecule has 0 bridgehead atoms. The van der Waals surface area contributed by atoms with Crippen molar-refractivity contribution in [2.75, 3.05) is 12.1 Å². The highest BCUT2D eigenvalue weighted by Crippen LogP contribution is 2.29. The van der Waals surface area contributed by atoms with Crippen LogP contribution in [-0.4, -0.2) is 13.8 Å². The van der Waals surface area contributed by atoms with Crippen molar-refractivity contribution < 1.29 is 0 Å². The smallest absolute Gasteiger partial charge is 0.0663 e. The first-order chi connectivity index (χ1) is 6.07. The maximum absolute atomic E-state index is 6.00. The lowest BCUT2D eigenvalue weighted by Crippen LogP contribution is -2.10. The Hall–Kier alpha value is -1.02. The first kappa shape index (κ1) is 10.1. The lowest BCUT2D eigenvalue weighted by Gasteiger charge is -2.18. The van der Waals surface area contributed by atoms with E-state index in [0.717, 1.165) is 21.8 Å². The van der Waals surface area contributed by atoms with Crippen LogP contribution in [0.15, 0.2) is 17.2 Å². The molecule has 0 spiro atoms. The van der Waals surface area contributed by atoms with Crippen LogP contribution in [0.5, 0.6) is 0 Å². The molecule has 0 unspecified atom stereocenters. The standard InChI is InChI=1S/C10H13ClN2/c1-7-5-6-9(11)8(2)10(7)13(4)12-3/h5-6H,3H2,1-2,4H3. The molecule has 1 aromatic carbocycles. The van der Waals surface area contributed by atoms with Crippen LogP contribution in [0, 0.1) is 13.8 Å². The quantitative estimate of drug-likeness (QED) is 0.525. The molecule has 0 heterocycles. The Bertz CT molecular complexity index is 334. The Morgan fingerprint density at radius 1 is 1.38 bits per heavy atom. The summed E-state index contributed by atoms with van der Waals surface area (Å²) in [6, 6.07) is 3.87. The summed E-state index contributed by atoms with van der Waals surface area (Å²) < 4.78 is 0. The number of halogens is 1. The van der Waals surface area contributed by atoms with E-state index in [-0.39, 0.29) is 0 Å². The lowest BCUT2D eigenvalue weighted by molar-refractivity contribution is 1.01. The molecule has 3 heteroatoms. The third-order valence-corrected chi connectivity index (χ3v) is 2.51. The van der Waals surface area contributed by atoms with Crippen LogP contribution < -0.4 is 5.01 Å². The molecule has 0 aliphatic heterocycles. The fraction of sp³-hybridized carbons (Fsp3) is 0.300. The third-order valence-electron chi connectivity index (χ3n) is 2.10. The number of hydrogen-bond donors (Lipinski definition) is 0. The van der Waals surface area contributed by atoms with Gasteiger partial charge in [0.15, 0.2) is 0 Å². The van der Waals surface area contributed by atoms with Crippen molar-refractivity contribution in [2.45, 2.75) is 13.8 Å². The molecule has 0 aliphatic carbocycles.